The number of benzene rings is 2. The van der Waals surface area contributed by atoms with Gasteiger partial charge in [0.1, 0.15) is 0 Å². The maximum absolute atomic E-state index is 12.5. The number of nitrogens with zero attached hydrogens (tertiary/aromatic N) is 2. The van der Waals surface area contributed by atoms with Crippen molar-refractivity contribution in [2.24, 2.45) is 0 Å². The van der Waals surface area contributed by atoms with E-state index in [1.165, 1.54) is 18.0 Å². The van der Waals surface area contributed by atoms with Crippen LogP contribution in [-0.2, 0) is 4.79 Å². The van der Waals surface area contributed by atoms with Gasteiger partial charge >= 0.3 is 0 Å². The summed E-state index contributed by atoms with van der Waals surface area (Å²) in [6.07, 6.45) is 7.73. The van der Waals surface area contributed by atoms with E-state index in [-0.39, 0.29) is 29.2 Å². The molecular weight excluding hydrogens is 588 g/mol. The third-order valence-electron chi connectivity index (χ3n) is 6.55. The minimum atomic E-state index is -0.333. The third kappa shape index (κ3) is 11.6. The van der Waals surface area contributed by atoms with Crippen LogP contribution in [0.15, 0.2) is 89.8 Å². The Morgan fingerprint density at radius 3 is 2.29 bits per heavy atom. The Balaban J connectivity index is 0.000000534. The number of aliphatic hydroxyl groups is 1. The molecule has 0 unspecified atom stereocenters. The zero-order chi connectivity index (χ0) is 32.4. The van der Waals surface area contributed by atoms with Crippen LogP contribution in [0.25, 0.3) is 0 Å². The van der Waals surface area contributed by atoms with E-state index in [2.05, 4.69) is 45.9 Å². The SMILES string of the molecule is CO.Cc1ccccc1.Cc1ccoc1C(=O)Nc1cccc(C#Cc2cncc(C(=O)NSCC(=O)N3CCCCC3)c2)c1. The zero-order valence-electron chi connectivity index (χ0n) is 25.7. The van der Waals surface area contributed by atoms with Gasteiger partial charge in [0, 0.05) is 55.0 Å². The van der Waals surface area contributed by atoms with Crippen molar-refractivity contribution >= 4 is 35.4 Å². The number of nitrogens with one attached hydrogen (secondary N) is 2. The summed E-state index contributed by atoms with van der Waals surface area (Å²) in [5.41, 5.74) is 4.28. The summed E-state index contributed by atoms with van der Waals surface area (Å²) in [6, 6.07) is 20.8. The molecule has 3 amide bonds. The fourth-order valence-electron chi connectivity index (χ4n) is 4.24. The van der Waals surface area contributed by atoms with E-state index < -0.39 is 0 Å². The molecule has 3 N–H and O–H groups in total. The van der Waals surface area contributed by atoms with Crippen LogP contribution in [0, 0.1) is 25.7 Å². The monoisotopic (exact) mass is 626 g/mol. The van der Waals surface area contributed by atoms with E-state index in [4.69, 9.17) is 9.52 Å². The molecule has 45 heavy (non-hydrogen) atoms. The second-order valence-electron chi connectivity index (χ2n) is 10.00. The number of rotatable bonds is 6. The molecule has 0 radical (unpaired) electrons. The summed E-state index contributed by atoms with van der Waals surface area (Å²) in [5.74, 6) is 5.87. The number of anilines is 1. The third-order valence-corrected chi connectivity index (χ3v) is 7.27. The number of hydrogen-bond acceptors (Lipinski definition) is 7. The summed E-state index contributed by atoms with van der Waals surface area (Å²) >= 11 is 1.08. The summed E-state index contributed by atoms with van der Waals surface area (Å²) in [7, 11) is 1.00. The standard InChI is InChI=1S/C27H26N4O4S.C7H8.CH4O/c1-19-10-13-35-25(19)27(34)29-23-7-5-6-20(15-23)8-9-21-14-22(17-28-16-21)26(33)30-36-18-24(32)31-11-3-2-4-12-31;1-7-5-3-2-4-6-7;1-2/h5-7,10,13-17H,2-4,11-12,18H2,1H3,(H,29,34)(H,30,33);2-6H,1H3;2H,1H3. The maximum atomic E-state index is 12.5. The lowest BCUT2D eigenvalue weighted by molar-refractivity contribution is -0.129. The molecule has 1 fully saturated rings. The van der Waals surface area contributed by atoms with E-state index in [9.17, 15) is 14.4 Å². The molecule has 2 aromatic carbocycles. The van der Waals surface area contributed by atoms with E-state index in [0.29, 0.717) is 22.4 Å². The fourth-order valence-corrected chi connectivity index (χ4v) is 4.86. The highest BCUT2D eigenvalue weighted by Gasteiger charge is 2.17. The number of pyridine rings is 1. The van der Waals surface area contributed by atoms with Gasteiger partial charge in [-0.25, -0.2) is 0 Å². The molecule has 0 aliphatic carbocycles. The number of aromatic nitrogens is 1. The summed E-state index contributed by atoms with van der Waals surface area (Å²) < 4.78 is 7.93. The molecule has 5 rings (SSSR count). The largest absolute Gasteiger partial charge is 0.459 e. The number of hydrogen-bond donors (Lipinski definition) is 3. The van der Waals surface area contributed by atoms with Crippen LogP contribution in [0.3, 0.4) is 0 Å². The van der Waals surface area contributed by atoms with Gasteiger partial charge in [-0.05, 0) is 75.4 Å². The first kappa shape index (κ1) is 34.6. The second-order valence-corrected chi connectivity index (χ2v) is 10.8. The van der Waals surface area contributed by atoms with E-state index in [0.717, 1.165) is 57.0 Å². The smallest absolute Gasteiger partial charge is 0.291 e. The number of piperidine rings is 1. The Bertz CT molecular complexity index is 1600. The number of carbonyl (C=O) groups excluding carboxylic acids is 3. The molecule has 0 atom stereocenters. The maximum Gasteiger partial charge on any atom is 0.291 e. The predicted molar refractivity (Wildman–Crippen MR) is 178 cm³/mol. The molecule has 0 saturated carbocycles. The molecule has 1 saturated heterocycles. The van der Waals surface area contributed by atoms with Gasteiger partial charge in [0.2, 0.25) is 5.91 Å². The van der Waals surface area contributed by atoms with Crippen LogP contribution >= 0.6 is 11.9 Å². The number of aryl methyl sites for hydroxylation is 2. The van der Waals surface area contributed by atoms with Gasteiger partial charge in [-0.15, -0.1) is 0 Å². The van der Waals surface area contributed by atoms with Crippen LogP contribution < -0.4 is 10.0 Å². The van der Waals surface area contributed by atoms with Crippen molar-refractivity contribution in [2.45, 2.75) is 33.1 Å². The minimum Gasteiger partial charge on any atom is -0.459 e. The van der Waals surface area contributed by atoms with Gasteiger partial charge in [-0.2, -0.15) is 0 Å². The number of furan rings is 1. The zero-order valence-corrected chi connectivity index (χ0v) is 26.5. The first-order valence-electron chi connectivity index (χ1n) is 14.5. The lowest BCUT2D eigenvalue weighted by Gasteiger charge is -2.26. The molecule has 2 aromatic heterocycles. The van der Waals surface area contributed by atoms with Gasteiger partial charge in [-0.3, -0.25) is 24.1 Å². The highest BCUT2D eigenvalue weighted by molar-refractivity contribution is 7.98. The van der Waals surface area contributed by atoms with Gasteiger partial charge in [0.15, 0.2) is 5.76 Å². The van der Waals surface area contributed by atoms with Crippen LogP contribution in [0.2, 0.25) is 0 Å². The molecule has 4 aromatic rings. The van der Waals surface area contributed by atoms with Crippen molar-refractivity contribution in [3.05, 3.63) is 119 Å². The average molecular weight is 627 g/mol. The minimum absolute atomic E-state index is 0.0375. The van der Waals surface area contributed by atoms with Crippen molar-refractivity contribution < 1.29 is 23.9 Å². The van der Waals surface area contributed by atoms with Crippen molar-refractivity contribution in [1.82, 2.24) is 14.6 Å². The fraction of sp³-hybridized carbons (Fsp3) is 0.257. The van der Waals surface area contributed by atoms with Crippen LogP contribution in [0.1, 0.15) is 62.4 Å². The van der Waals surface area contributed by atoms with E-state index >= 15 is 0 Å². The predicted octanol–water partition coefficient (Wildman–Crippen LogP) is 5.63. The van der Waals surface area contributed by atoms with E-state index in [1.54, 1.807) is 43.5 Å². The Morgan fingerprint density at radius 2 is 1.62 bits per heavy atom. The lowest BCUT2D eigenvalue weighted by Crippen LogP contribution is -2.37. The van der Waals surface area contributed by atoms with Gasteiger partial charge < -0.3 is 19.7 Å². The number of aliphatic hydroxyl groups excluding tert-OH is 1. The Morgan fingerprint density at radius 1 is 0.889 bits per heavy atom. The van der Waals surface area contributed by atoms with Gasteiger partial charge in [0.25, 0.3) is 11.8 Å². The number of likely N-dealkylation sites (tertiary alicyclic amines) is 1. The van der Waals surface area contributed by atoms with Crippen molar-refractivity contribution in [3.8, 4) is 11.8 Å². The van der Waals surface area contributed by atoms with Crippen LogP contribution in [-0.4, -0.2) is 58.7 Å². The van der Waals surface area contributed by atoms with Crippen molar-refractivity contribution in [2.75, 3.05) is 31.3 Å². The Kier molecular flexibility index (Phi) is 14.4. The number of carbonyl (C=O) groups is 3. The number of amides is 3. The normalized spacial score (nSPS) is 11.8. The van der Waals surface area contributed by atoms with Crippen LogP contribution in [0.5, 0.6) is 0 Å². The summed E-state index contributed by atoms with van der Waals surface area (Å²) in [4.78, 5) is 43.1. The lowest BCUT2D eigenvalue weighted by atomic mass is 10.1. The molecule has 3 heterocycles. The first-order chi connectivity index (χ1) is 21.9. The summed E-state index contributed by atoms with van der Waals surface area (Å²) in [5, 5.41) is 9.80. The molecule has 10 heteroatoms. The Labute approximate surface area is 268 Å². The van der Waals surface area contributed by atoms with Crippen molar-refractivity contribution in [3.63, 3.8) is 0 Å². The highest BCUT2D eigenvalue weighted by atomic mass is 32.2. The molecule has 1 aliphatic heterocycles. The van der Waals surface area contributed by atoms with Gasteiger partial charge in [-0.1, -0.05) is 53.8 Å². The molecule has 0 bridgehead atoms. The molecular formula is C35H38N4O5S. The highest BCUT2D eigenvalue weighted by Crippen LogP contribution is 2.15. The topological polar surface area (TPSA) is 125 Å². The molecule has 1 aliphatic rings. The Hall–Kier alpha value is -4.85. The molecule has 9 nitrogen and oxygen atoms in total. The second kappa shape index (κ2) is 18.7. The average Bonchev–Trinajstić information content (AvgIpc) is 3.52. The summed E-state index contributed by atoms with van der Waals surface area (Å²) in [6.45, 7) is 5.46. The first-order valence-corrected chi connectivity index (χ1v) is 15.5. The molecule has 0 spiro atoms. The quantitative estimate of drug-likeness (QED) is 0.187. The van der Waals surface area contributed by atoms with Crippen LogP contribution in [0.4, 0.5) is 5.69 Å². The molecule has 234 valence electrons. The van der Waals surface area contributed by atoms with Crippen molar-refractivity contribution in [1.29, 1.82) is 0 Å². The van der Waals surface area contributed by atoms with E-state index in [1.807, 2.05) is 29.2 Å². The van der Waals surface area contributed by atoms with Gasteiger partial charge in [0.05, 0.1) is 17.6 Å².